The summed E-state index contributed by atoms with van der Waals surface area (Å²) in [5.74, 6) is 6.36. The second-order valence-corrected chi connectivity index (χ2v) is 4.38. The highest BCUT2D eigenvalue weighted by atomic mass is 14.6. The molecule has 0 radical (unpaired) electrons. The lowest BCUT2D eigenvalue weighted by atomic mass is 10.1. The van der Waals surface area contributed by atoms with Gasteiger partial charge in [0, 0.05) is 23.6 Å². The summed E-state index contributed by atoms with van der Waals surface area (Å²) in [7, 11) is 0. The molecule has 1 aromatic heterocycles. The van der Waals surface area contributed by atoms with E-state index in [2.05, 4.69) is 29.0 Å². The Kier molecular flexibility index (Phi) is 3.25. The molecule has 0 saturated carbocycles. The Balaban J connectivity index is 1.81. The van der Waals surface area contributed by atoms with Gasteiger partial charge in [0.15, 0.2) is 0 Å². The zero-order valence-electron chi connectivity index (χ0n) is 10.5. The standard InChI is InChI=1S/C18H13N/c1-2-7-15(8-3-1)9-6-10-16-13-17-11-4-5-12-18(17)19-14-16/h1-5,7-8,11-14H,10H2. The van der Waals surface area contributed by atoms with Crippen molar-refractivity contribution < 1.29 is 0 Å². The topological polar surface area (TPSA) is 12.9 Å². The van der Waals surface area contributed by atoms with E-state index in [1.54, 1.807) is 0 Å². The molecule has 90 valence electrons. The molecule has 0 bridgehead atoms. The zero-order chi connectivity index (χ0) is 12.9. The van der Waals surface area contributed by atoms with Crippen LogP contribution in [0.3, 0.4) is 0 Å². The summed E-state index contributed by atoms with van der Waals surface area (Å²) in [6.45, 7) is 0. The minimum Gasteiger partial charge on any atom is -0.256 e. The lowest BCUT2D eigenvalue weighted by Gasteiger charge is -1.98. The third-order valence-electron chi connectivity index (χ3n) is 2.95. The average Bonchev–Trinajstić information content (AvgIpc) is 2.48. The molecule has 1 nitrogen and oxygen atoms in total. The number of fused-ring (bicyclic) bond motifs is 1. The molecule has 0 atom stereocenters. The first kappa shape index (κ1) is 11.5. The summed E-state index contributed by atoms with van der Waals surface area (Å²) in [4.78, 5) is 4.44. The van der Waals surface area contributed by atoms with Crippen LogP contribution in [0.25, 0.3) is 10.9 Å². The Morgan fingerprint density at radius 2 is 1.68 bits per heavy atom. The van der Waals surface area contributed by atoms with Crippen LogP contribution in [0, 0.1) is 11.8 Å². The van der Waals surface area contributed by atoms with Crippen LogP contribution >= 0.6 is 0 Å². The fourth-order valence-electron chi connectivity index (χ4n) is 1.98. The maximum Gasteiger partial charge on any atom is 0.0702 e. The van der Waals surface area contributed by atoms with E-state index in [0.717, 1.165) is 23.1 Å². The quantitative estimate of drug-likeness (QED) is 0.592. The van der Waals surface area contributed by atoms with E-state index in [1.807, 2.05) is 54.7 Å². The highest BCUT2D eigenvalue weighted by molar-refractivity contribution is 5.78. The fraction of sp³-hybridized carbons (Fsp3) is 0.0556. The third-order valence-corrected chi connectivity index (χ3v) is 2.95. The first-order valence-corrected chi connectivity index (χ1v) is 6.29. The normalized spacial score (nSPS) is 9.89. The van der Waals surface area contributed by atoms with Crippen molar-refractivity contribution in [1.82, 2.24) is 4.98 Å². The van der Waals surface area contributed by atoms with Gasteiger partial charge in [-0.05, 0) is 29.8 Å². The number of para-hydroxylation sites is 1. The number of benzene rings is 2. The van der Waals surface area contributed by atoms with Crippen molar-refractivity contribution in [2.24, 2.45) is 0 Å². The Labute approximate surface area is 112 Å². The molecule has 19 heavy (non-hydrogen) atoms. The van der Waals surface area contributed by atoms with Gasteiger partial charge in [-0.1, -0.05) is 48.2 Å². The maximum atomic E-state index is 4.44. The van der Waals surface area contributed by atoms with Crippen molar-refractivity contribution in [2.45, 2.75) is 6.42 Å². The van der Waals surface area contributed by atoms with Gasteiger partial charge in [0.1, 0.15) is 0 Å². The molecule has 0 saturated heterocycles. The van der Waals surface area contributed by atoms with Crippen molar-refractivity contribution in [3.05, 3.63) is 78.0 Å². The SMILES string of the molecule is C(#Cc1ccccc1)Cc1cnc2ccccc2c1. The summed E-state index contributed by atoms with van der Waals surface area (Å²) in [5.41, 5.74) is 3.24. The van der Waals surface area contributed by atoms with Crippen LogP contribution < -0.4 is 0 Å². The summed E-state index contributed by atoms with van der Waals surface area (Å²) in [5, 5.41) is 1.17. The van der Waals surface area contributed by atoms with Crippen LogP contribution in [0.4, 0.5) is 0 Å². The molecule has 2 aromatic carbocycles. The van der Waals surface area contributed by atoms with Crippen LogP contribution in [0.15, 0.2) is 66.9 Å². The second-order valence-electron chi connectivity index (χ2n) is 4.38. The van der Waals surface area contributed by atoms with Crippen LogP contribution in [-0.2, 0) is 6.42 Å². The van der Waals surface area contributed by atoms with Crippen LogP contribution in [-0.4, -0.2) is 4.98 Å². The number of hydrogen-bond acceptors (Lipinski definition) is 1. The van der Waals surface area contributed by atoms with Gasteiger partial charge < -0.3 is 0 Å². The molecular weight excluding hydrogens is 230 g/mol. The molecule has 0 N–H and O–H groups in total. The van der Waals surface area contributed by atoms with E-state index in [4.69, 9.17) is 0 Å². The predicted molar refractivity (Wildman–Crippen MR) is 78.8 cm³/mol. The molecule has 0 fully saturated rings. The van der Waals surface area contributed by atoms with Crippen LogP contribution in [0.5, 0.6) is 0 Å². The molecule has 0 unspecified atom stereocenters. The van der Waals surface area contributed by atoms with E-state index in [1.165, 1.54) is 5.39 Å². The average molecular weight is 243 g/mol. The molecular formula is C18H13N. The molecule has 0 aliphatic carbocycles. The number of aromatic nitrogens is 1. The molecule has 3 rings (SSSR count). The summed E-state index contributed by atoms with van der Waals surface area (Å²) in [6, 6.07) is 20.3. The van der Waals surface area contributed by atoms with Gasteiger partial charge in [-0.15, -0.1) is 0 Å². The van der Waals surface area contributed by atoms with Gasteiger partial charge >= 0.3 is 0 Å². The molecule has 0 aliphatic heterocycles. The van der Waals surface area contributed by atoms with Gasteiger partial charge in [0.05, 0.1) is 5.52 Å². The highest BCUT2D eigenvalue weighted by Gasteiger charge is 1.95. The van der Waals surface area contributed by atoms with Crippen molar-refractivity contribution in [1.29, 1.82) is 0 Å². The molecule has 0 aliphatic rings. The fourth-order valence-corrected chi connectivity index (χ4v) is 1.98. The molecule has 3 aromatic rings. The lowest BCUT2D eigenvalue weighted by Crippen LogP contribution is -1.85. The first-order valence-electron chi connectivity index (χ1n) is 6.29. The summed E-state index contributed by atoms with van der Waals surface area (Å²) in [6.07, 6.45) is 2.63. The van der Waals surface area contributed by atoms with Crippen molar-refractivity contribution in [2.75, 3.05) is 0 Å². The van der Waals surface area contributed by atoms with Gasteiger partial charge in [-0.2, -0.15) is 0 Å². The first-order chi connectivity index (χ1) is 9.42. The van der Waals surface area contributed by atoms with E-state index in [0.29, 0.717) is 0 Å². The van der Waals surface area contributed by atoms with E-state index < -0.39 is 0 Å². The van der Waals surface area contributed by atoms with Gasteiger partial charge in [0.2, 0.25) is 0 Å². The predicted octanol–water partition coefficient (Wildman–Crippen LogP) is 3.83. The van der Waals surface area contributed by atoms with Gasteiger partial charge in [-0.25, -0.2) is 0 Å². The van der Waals surface area contributed by atoms with E-state index in [9.17, 15) is 0 Å². The van der Waals surface area contributed by atoms with Crippen LogP contribution in [0.1, 0.15) is 11.1 Å². The Hall–Kier alpha value is -2.59. The molecule has 1 heterocycles. The highest BCUT2D eigenvalue weighted by Crippen LogP contribution is 2.12. The zero-order valence-corrected chi connectivity index (χ0v) is 10.5. The monoisotopic (exact) mass is 243 g/mol. The van der Waals surface area contributed by atoms with Crippen molar-refractivity contribution >= 4 is 10.9 Å². The number of pyridine rings is 1. The van der Waals surface area contributed by atoms with Gasteiger partial charge in [0.25, 0.3) is 0 Å². The van der Waals surface area contributed by atoms with Crippen molar-refractivity contribution in [3.8, 4) is 11.8 Å². The Morgan fingerprint density at radius 3 is 2.58 bits per heavy atom. The molecule has 1 heteroatoms. The largest absolute Gasteiger partial charge is 0.256 e. The van der Waals surface area contributed by atoms with Gasteiger partial charge in [-0.3, -0.25) is 4.98 Å². The van der Waals surface area contributed by atoms with E-state index in [-0.39, 0.29) is 0 Å². The second kappa shape index (κ2) is 5.37. The lowest BCUT2D eigenvalue weighted by molar-refractivity contribution is 1.26. The number of rotatable bonds is 1. The Bertz CT molecular complexity index is 748. The number of nitrogens with zero attached hydrogens (tertiary/aromatic N) is 1. The van der Waals surface area contributed by atoms with E-state index >= 15 is 0 Å². The summed E-state index contributed by atoms with van der Waals surface area (Å²) >= 11 is 0. The van der Waals surface area contributed by atoms with Crippen molar-refractivity contribution in [3.63, 3.8) is 0 Å². The summed E-state index contributed by atoms with van der Waals surface area (Å²) < 4.78 is 0. The molecule has 0 spiro atoms. The number of hydrogen-bond donors (Lipinski definition) is 0. The Morgan fingerprint density at radius 1 is 0.895 bits per heavy atom. The minimum absolute atomic E-state index is 0.729. The maximum absolute atomic E-state index is 4.44. The molecule has 0 amide bonds. The third kappa shape index (κ3) is 2.81. The minimum atomic E-state index is 0.729. The smallest absolute Gasteiger partial charge is 0.0702 e. The van der Waals surface area contributed by atoms with Crippen LogP contribution in [0.2, 0.25) is 0 Å².